The molecule has 0 aliphatic rings. The second-order valence-electron chi connectivity index (χ2n) is 20.1. The zero-order valence-electron chi connectivity index (χ0n) is 48.5. The third kappa shape index (κ3) is 12.6. The molecule has 0 spiro atoms. The van der Waals surface area contributed by atoms with Crippen LogP contribution in [0.1, 0.15) is 11.4 Å². The van der Waals surface area contributed by atoms with Crippen LogP contribution < -0.4 is 9.47 Å². The Morgan fingerprint density at radius 1 is 0.446 bits per heavy atom. The SMILES string of the molecule is [C-]#[N+]c1cc2c3ccc(Oc4ccc5c6ccccc6n(-c6ccccn6)c5c4)nc3c3cc(C)nn3c2cc1[N+]#[C-].[C-]#[N+]c1cc2c3ccc(Oc4ccc5c6ccccc6n6nc(C)[c-]c6c5n4)[c-]c3n(-c3ccccn3)c2cc1[N+]#[C-].[Cl][Pt]([Cl])([Cl])[Cl].[K][K].[Pt+2]. The van der Waals surface area contributed by atoms with Gasteiger partial charge in [-0.25, -0.2) is 19.5 Å². The number of halogens is 4. The summed E-state index contributed by atoms with van der Waals surface area (Å²) in [6, 6.07) is 61.1. The Balaban J connectivity index is 0.000000160. The molecule has 0 unspecified atom stereocenters. The molecule has 16 aromatic rings. The van der Waals surface area contributed by atoms with E-state index in [1.54, 1.807) is 41.2 Å². The second kappa shape index (κ2) is 27.7. The molecular weight excluding hydrogens is 1660 g/mol. The maximum Gasteiger partial charge on any atom is 2.00 e. The molecule has 0 atom stereocenters. The summed E-state index contributed by atoms with van der Waals surface area (Å²) in [6.07, 6.45) is 3.51. The average molecular weight is 1690 g/mol. The maximum atomic E-state index is 7.60. The number of hydrogen-bond donors (Lipinski definition) is 0. The molecule has 0 amide bonds. The van der Waals surface area contributed by atoms with E-state index in [-0.39, 0.29) is 21.1 Å². The van der Waals surface area contributed by atoms with Crippen LogP contribution in [0.15, 0.2) is 182 Å². The molecule has 0 aliphatic heterocycles. The molecule has 0 bridgehead atoms. The van der Waals surface area contributed by atoms with Crippen molar-refractivity contribution in [3.05, 3.63) is 251 Å². The van der Waals surface area contributed by atoms with Crippen LogP contribution in [0.5, 0.6) is 23.3 Å². The molecule has 0 fully saturated rings. The van der Waals surface area contributed by atoms with Crippen molar-refractivity contribution in [2.45, 2.75) is 13.8 Å². The molecule has 24 heteroatoms. The Morgan fingerprint density at radius 3 is 1.60 bits per heavy atom. The van der Waals surface area contributed by atoms with E-state index in [4.69, 9.17) is 83.4 Å². The minimum atomic E-state index is -3.06. The van der Waals surface area contributed by atoms with E-state index in [2.05, 4.69) is 80.5 Å². The van der Waals surface area contributed by atoms with Crippen LogP contribution in [0.2, 0.25) is 0 Å². The summed E-state index contributed by atoms with van der Waals surface area (Å²) < 4.78 is 20.4. The number of fused-ring (bicyclic) bond motifs is 18. The van der Waals surface area contributed by atoms with Crippen molar-refractivity contribution in [3.8, 4) is 34.9 Å². The molecule has 16 nitrogen and oxygen atoms in total. The molecule has 440 valence electrons. The van der Waals surface area contributed by atoms with E-state index in [1.807, 2.05) is 144 Å². The molecule has 0 saturated heterocycles. The molecule has 0 saturated carbocycles. The molecule has 0 radical (unpaired) electrons. The van der Waals surface area contributed by atoms with E-state index in [1.165, 1.54) is 63.2 Å². The summed E-state index contributed by atoms with van der Waals surface area (Å²) >= 11 is -0.556. The number of nitrogens with zero attached hydrogens (tertiary/aromatic N) is 14. The predicted molar refractivity (Wildman–Crippen MR) is 360 cm³/mol. The van der Waals surface area contributed by atoms with Crippen LogP contribution >= 0.6 is 37.7 Å². The number of aromatic nitrogens is 10. The molecule has 10 heterocycles. The van der Waals surface area contributed by atoms with Crippen molar-refractivity contribution < 1.29 is 42.4 Å². The molecule has 0 aliphatic carbocycles. The van der Waals surface area contributed by atoms with Gasteiger partial charge in [-0.2, -0.15) is 22.3 Å². The van der Waals surface area contributed by atoms with Gasteiger partial charge in [0.05, 0.1) is 59.6 Å². The molecule has 0 N–H and O–H groups in total. The number of hydrogen-bond acceptors (Lipinski definition) is 8. The normalized spacial score (nSPS) is 11.3. The first-order chi connectivity index (χ1) is 44.2. The van der Waals surface area contributed by atoms with Gasteiger partial charge in [-0.1, -0.05) is 94.1 Å². The van der Waals surface area contributed by atoms with Gasteiger partial charge in [-0.3, -0.25) is 28.5 Å². The predicted octanol–water partition coefficient (Wildman–Crippen LogP) is 19.1. The quantitative estimate of drug-likeness (QED) is 0.0913. The molecule has 6 aromatic carbocycles. The van der Waals surface area contributed by atoms with Crippen molar-refractivity contribution >= 4 is 222 Å². The Bertz CT molecular complexity index is 5810. The van der Waals surface area contributed by atoms with Crippen LogP contribution in [0.4, 0.5) is 22.7 Å². The Morgan fingerprint density at radius 2 is 0.957 bits per heavy atom. The fraction of sp³-hybridized carbons (Fsp3) is 0.0294. The van der Waals surface area contributed by atoms with Crippen molar-refractivity contribution in [2.24, 2.45) is 0 Å². The molecule has 16 rings (SSSR count). The van der Waals surface area contributed by atoms with Crippen molar-refractivity contribution in [3.63, 3.8) is 0 Å². The number of ether oxygens (including phenoxy) is 2. The Labute approximate surface area is 603 Å². The fourth-order valence-electron chi connectivity index (χ4n) is 11.4. The van der Waals surface area contributed by atoms with Gasteiger partial charge in [0.25, 0.3) is 0 Å². The van der Waals surface area contributed by atoms with Gasteiger partial charge in [-0.05, 0) is 109 Å². The van der Waals surface area contributed by atoms with Gasteiger partial charge in [0.15, 0.2) is 28.6 Å². The average Bonchev–Trinajstić information content (AvgIpc) is 1.45. The summed E-state index contributed by atoms with van der Waals surface area (Å²) in [7, 11) is 20.0. The molecule has 92 heavy (non-hydrogen) atoms. The number of rotatable bonds is 6. The van der Waals surface area contributed by atoms with Crippen LogP contribution in [-0.4, -0.2) is 111 Å². The van der Waals surface area contributed by atoms with Crippen LogP contribution in [0.25, 0.3) is 129 Å². The standard InChI is InChI=1S/C34H17N7O.C34H19N7O.4ClH.2K.2Pt/c1-20-16-31-34-24(22-8-4-5-9-28(22)41(31)39-20)13-14-33(38-34)42-21-11-12-23-25-18-26(35-2)27(36-3)19-30(25)40(29(23)17-21)32-10-6-7-15-37-32;1-20-16-31-34-24(25-18-26(35-2)27(36-3)19-30(25)41(31)39-20)13-14-33(38-34)42-21-11-12-23-22-8-4-5-9-28(22)40(29(23)17-21)32-10-6-7-15-37-32;;;;;;;;/h4-15,18-19H,1H3;4-19H,1H3;4*1H;;;;/q-2;;;;;;;;+2;+4/p-4. The van der Waals surface area contributed by atoms with Crippen LogP contribution in [-0.2, 0) is 33.0 Å². The largest absolute Gasteiger partial charge is 2.00 e. The van der Waals surface area contributed by atoms with E-state index in [0.29, 0.717) is 62.9 Å². The summed E-state index contributed by atoms with van der Waals surface area (Å²) in [6.45, 7) is 34.1. The van der Waals surface area contributed by atoms with E-state index in [0.717, 1.165) is 104 Å². The number of benzene rings is 6. The van der Waals surface area contributed by atoms with Crippen molar-refractivity contribution in [2.75, 3.05) is 0 Å². The van der Waals surface area contributed by atoms with Gasteiger partial charge in [0.2, 0.25) is 5.88 Å². The zero-order chi connectivity index (χ0) is 63.2. The first kappa shape index (κ1) is 65.4. The number of aryl methyl sites for hydroxylation is 2. The van der Waals surface area contributed by atoms with Crippen molar-refractivity contribution in [1.29, 1.82) is 0 Å². The molecule has 10 aromatic heterocycles. The first-order valence-electron chi connectivity index (χ1n) is 27.9. The third-order valence-electron chi connectivity index (χ3n) is 14.9. The number of para-hydroxylation sites is 2. The molecular formula is C68H36Cl4K2N14O2Pt2. The summed E-state index contributed by atoms with van der Waals surface area (Å²) in [5, 5.41) is 17.0. The topological polar surface area (TPSA) is 132 Å². The number of pyridine rings is 6. The van der Waals surface area contributed by atoms with Gasteiger partial charge >= 0.3 is 134 Å². The fourth-order valence-corrected chi connectivity index (χ4v) is 11.4. The van der Waals surface area contributed by atoms with Gasteiger partial charge < -0.3 is 19.0 Å². The minimum Gasteiger partial charge on any atom is 2.00 e. The maximum absolute atomic E-state index is 7.60. The summed E-state index contributed by atoms with van der Waals surface area (Å²) in [5.74, 6) is 3.46. The van der Waals surface area contributed by atoms with E-state index >= 15 is 0 Å². The van der Waals surface area contributed by atoms with Crippen LogP contribution in [0.3, 0.4) is 0 Å². The summed E-state index contributed by atoms with van der Waals surface area (Å²) in [4.78, 5) is 33.3. The Hall–Kier alpha value is -6.69. The smallest absolute Gasteiger partial charge is 2.00 e. The second-order valence-corrected chi connectivity index (χ2v) is 39.8. The van der Waals surface area contributed by atoms with Crippen molar-refractivity contribution in [1.82, 2.24) is 48.3 Å². The Kier molecular flexibility index (Phi) is 19.7. The van der Waals surface area contributed by atoms with Gasteiger partial charge in [-0.15, -0.1) is 17.5 Å². The third-order valence-corrected chi connectivity index (χ3v) is 14.9. The van der Waals surface area contributed by atoms with E-state index in [9.17, 15) is 0 Å². The van der Waals surface area contributed by atoms with Gasteiger partial charge in [0, 0.05) is 52.0 Å². The summed E-state index contributed by atoms with van der Waals surface area (Å²) in [5.41, 5.74) is 11.1. The van der Waals surface area contributed by atoms with Crippen LogP contribution in [0, 0.1) is 52.3 Å². The monoisotopic (exact) mass is 1690 g/mol. The van der Waals surface area contributed by atoms with Gasteiger partial charge in [0.1, 0.15) is 22.9 Å². The zero-order valence-corrected chi connectivity index (χ0v) is 62.4. The van der Waals surface area contributed by atoms with E-state index < -0.39 is 11.9 Å². The first-order valence-corrected chi connectivity index (χ1v) is 55.1. The minimum absolute atomic E-state index is 0.